The monoisotopic (exact) mass is 410 g/mol. The highest BCUT2D eigenvalue weighted by atomic mass is 32.2. The molecule has 2 aromatic rings. The topological polar surface area (TPSA) is 92.8 Å². The molecule has 2 rings (SSSR count). The molecule has 7 nitrogen and oxygen atoms in total. The average molecular weight is 411 g/mol. The molecule has 0 aliphatic carbocycles. The molecule has 0 saturated carbocycles. The van der Waals surface area contributed by atoms with Gasteiger partial charge in [-0.15, -0.1) is 11.3 Å². The molecule has 0 fully saturated rings. The number of nitrogens with zero attached hydrogens (tertiary/aromatic N) is 1. The summed E-state index contributed by atoms with van der Waals surface area (Å²) in [7, 11) is -3.64. The van der Waals surface area contributed by atoms with Gasteiger partial charge >= 0.3 is 5.97 Å². The molecule has 0 unspecified atom stereocenters. The molecule has 146 valence electrons. The molecule has 1 N–H and O–H groups in total. The van der Waals surface area contributed by atoms with Crippen LogP contribution in [0.1, 0.15) is 31.1 Å². The van der Waals surface area contributed by atoms with Gasteiger partial charge in [-0.3, -0.25) is 14.3 Å². The first-order valence-electron chi connectivity index (χ1n) is 8.37. The third-order valence-corrected chi connectivity index (χ3v) is 6.41. The minimum Gasteiger partial charge on any atom is -0.465 e. The number of carbonyl (C=O) groups excluding carboxylic acids is 2. The number of hydrogen-bond donors (Lipinski definition) is 1. The minimum atomic E-state index is -3.64. The van der Waals surface area contributed by atoms with Crippen LogP contribution in [0.5, 0.6) is 0 Å². The summed E-state index contributed by atoms with van der Waals surface area (Å²) in [4.78, 5) is 25.8. The van der Waals surface area contributed by atoms with Crippen molar-refractivity contribution in [3.63, 3.8) is 0 Å². The Morgan fingerprint density at radius 3 is 2.37 bits per heavy atom. The number of esters is 1. The average Bonchev–Trinajstić information content (AvgIpc) is 3.15. The van der Waals surface area contributed by atoms with Crippen LogP contribution >= 0.6 is 11.3 Å². The maximum absolute atomic E-state index is 12.7. The maximum Gasteiger partial charge on any atom is 0.325 e. The largest absolute Gasteiger partial charge is 0.465 e. The van der Waals surface area contributed by atoms with Gasteiger partial charge in [0.25, 0.3) is 15.9 Å². The van der Waals surface area contributed by atoms with Gasteiger partial charge < -0.3 is 9.64 Å². The van der Waals surface area contributed by atoms with Gasteiger partial charge in [-0.1, -0.05) is 6.07 Å². The van der Waals surface area contributed by atoms with Crippen LogP contribution in [0.4, 0.5) is 5.69 Å². The summed E-state index contributed by atoms with van der Waals surface area (Å²) in [6.07, 6.45) is 0. The summed E-state index contributed by atoms with van der Waals surface area (Å²) < 4.78 is 32.1. The normalized spacial score (nSPS) is 11.3. The predicted molar refractivity (Wildman–Crippen MR) is 104 cm³/mol. The van der Waals surface area contributed by atoms with Crippen LogP contribution in [-0.2, 0) is 19.6 Å². The van der Waals surface area contributed by atoms with E-state index in [1.807, 2.05) is 0 Å². The molecule has 0 aliphatic heterocycles. The van der Waals surface area contributed by atoms with Gasteiger partial charge in [0, 0.05) is 17.3 Å². The second kappa shape index (κ2) is 9.01. The van der Waals surface area contributed by atoms with E-state index in [0.717, 1.165) is 11.3 Å². The Morgan fingerprint density at radius 1 is 1.19 bits per heavy atom. The highest BCUT2D eigenvalue weighted by Gasteiger charge is 2.22. The maximum atomic E-state index is 12.7. The fraction of sp³-hybridized carbons (Fsp3) is 0.333. The number of nitrogens with one attached hydrogen (secondary N) is 1. The number of ether oxygens (including phenoxy) is 1. The molecule has 27 heavy (non-hydrogen) atoms. The van der Waals surface area contributed by atoms with Crippen LogP contribution in [-0.4, -0.2) is 44.4 Å². The molecule has 0 atom stereocenters. The van der Waals surface area contributed by atoms with Gasteiger partial charge in [-0.25, -0.2) is 8.42 Å². The highest BCUT2D eigenvalue weighted by molar-refractivity contribution is 7.94. The van der Waals surface area contributed by atoms with Gasteiger partial charge in [0.15, 0.2) is 0 Å². The van der Waals surface area contributed by atoms with Gasteiger partial charge in [0.2, 0.25) is 0 Å². The summed E-state index contributed by atoms with van der Waals surface area (Å²) in [6, 6.07) is 9.05. The van der Waals surface area contributed by atoms with Gasteiger partial charge in [-0.05, 0) is 56.5 Å². The van der Waals surface area contributed by atoms with E-state index in [2.05, 4.69) is 4.72 Å². The Morgan fingerprint density at radius 2 is 1.85 bits per heavy atom. The van der Waals surface area contributed by atoms with E-state index in [9.17, 15) is 18.0 Å². The quantitative estimate of drug-likeness (QED) is 0.676. The predicted octanol–water partition coefficient (Wildman–Crippen LogP) is 2.96. The summed E-state index contributed by atoms with van der Waals surface area (Å²) in [6.45, 7) is 5.42. The first-order chi connectivity index (χ1) is 12.7. The molecule has 9 heteroatoms. The van der Waals surface area contributed by atoms with Crippen molar-refractivity contribution >= 4 is 38.9 Å². The SMILES string of the molecule is CCOC(=O)CN(C(=O)c1ccc(NS(=O)(=O)c2cccs2)cc1)C(C)C. The molecular weight excluding hydrogens is 388 g/mol. The number of hydrogen-bond acceptors (Lipinski definition) is 6. The van der Waals surface area contributed by atoms with Crippen LogP contribution in [0.15, 0.2) is 46.0 Å². The molecule has 0 bridgehead atoms. The van der Waals surface area contributed by atoms with Crippen molar-refractivity contribution < 1.29 is 22.7 Å². The lowest BCUT2D eigenvalue weighted by atomic mass is 10.1. The van der Waals surface area contributed by atoms with Crippen molar-refractivity contribution in [2.45, 2.75) is 31.0 Å². The van der Waals surface area contributed by atoms with E-state index in [0.29, 0.717) is 11.3 Å². The van der Waals surface area contributed by atoms with Gasteiger partial charge in [-0.2, -0.15) is 0 Å². The van der Waals surface area contributed by atoms with E-state index < -0.39 is 16.0 Å². The number of sulfonamides is 1. The number of benzene rings is 1. The lowest BCUT2D eigenvalue weighted by Crippen LogP contribution is -2.41. The number of thiophene rings is 1. The molecule has 1 aromatic heterocycles. The second-order valence-corrected chi connectivity index (χ2v) is 8.80. The summed E-state index contributed by atoms with van der Waals surface area (Å²) in [5.41, 5.74) is 0.702. The van der Waals surface area contributed by atoms with E-state index in [-0.39, 0.29) is 29.3 Å². The van der Waals surface area contributed by atoms with E-state index >= 15 is 0 Å². The van der Waals surface area contributed by atoms with Gasteiger partial charge in [0.05, 0.1) is 6.61 Å². The Labute approximate surface area is 163 Å². The lowest BCUT2D eigenvalue weighted by Gasteiger charge is -2.25. The smallest absolute Gasteiger partial charge is 0.325 e. The lowest BCUT2D eigenvalue weighted by molar-refractivity contribution is -0.144. The molecule has 0 spiro atoms. The third-order valence-electron chi connectivity index (χ3n) is 3.63. The number of rotatable bonds is 8. The van der Waals surface area contributed by atoms with Crippen molar-refractivity contribution in [2.24, 2.45) is 0 Å². The summed E-state index contributed by atoms with van der Waals surface area (Å²) in [5.74, 6) is -0.800. The molecule has 1 amide bonds. The van der Waals surface area contributed by atoms with Crippen molar-refractivity contribution in [3.8, 4) is 0 Å². The zero-order valence-electron chi connectivity index (χ0n) is 15.3. The van der Waals surface area contributed by atoms with Crippen LogP contribution in [0.2, 0.25) is 0 Å². The van der Waals surface area contributed by atoms with Crippen LogP contribution in [0.25, 0.3) is 0 Å². The zero-order chi connectivity index (χ0) is 20.0. The molecule has 1 aromatic carbocycles. The minimum absolute atomic E-state index is 0.142. The number of carbonyl (C=O) groups is 2. The van der Waals surface area contributed by atoms with Crippen LogP contribution < -0.4 is 4.72 Å². The summed E-state index contributed by atoms with van der Waals surface area (Å²) in [5, 5.41) is 1.68. The molecule has 0 aliphatic rings. The van der Waals surface area contributed by atoms with Crippen LogP contribution in [0.3, 0.4) is 0 Å². The summed E-state index contributed by atoms with van der Waals surface area (Å²) >= 11 is 1.12. The van der Waals surface area contributed by atoms with Crippen molar-refractivity contribution in [3.05, 3.63) is 47.3 Å². The van der Waals surface area contributed by atoms with Crippen LogP contribution in [0, 0.1) is 0 Å². The third kappa shape index (κ3) is 5.54. The number of amides is 1. The Hall–Kier alpha value is -2.39. The molecule has 0 saturated heterocycles. The second-order valence-electron chi connectivity index (χ2n) is 5.95. The van der Waals surface area contributed by atoms with E-state index in [4.69, 9.17) is 4.74 Å². The molecular formula is C18H22N2O5S2. The Bertz CT molecular complexity index is 875. The molecule has 0 radical (unpaired) electrons. The van der Waals surface area contributed by atoms with Crippen molar-refractivity contribution in [1.82, 2.24) is 4.90 Å². The first-order valence-corrected chi connectivity index (χ1v) is 10.7. The van der Waals surface area contributed by atoms with Crippen molar-refractivity contribution in [2.75, 3.05) is 17.9 Å². The van der Waals surface area contributed by atoms with E-state index in [1.165, 1.54) is 35.2 Å². The number of anilines is 1. The fourth-order valence-corrected chi connectivity index (χ4v) is 4.35. The standard InChI is InChI=1S/C18H22N2O5S2/c1-4-25-16(21)12-20(13(2)3)18(22)14-7-9-15(10-8-14)19-27(23,24)17-6-5-11-26-17/h5-11,13,19H,4,12H2,1-3H3. The fourth-order valence-electron chi connectivity index (χ4n) is 2.30. The Kier molecular flexibility index (Phi) is 6.98. The first kappa shape index (κ1) is 20.9. The zero-order valence-corrected chi connectivity index (χ0v) is 17.0. The Balaban J connectivity index is 2.13. The van der Waals surface area contributed by atoms with Crippen molar-refractivity contribution in [1.29, 1.82) is 0 Å². The molecule has 1 heterocycles. The highest BCUT2D eigenvalue weighted by Crippen LogP contribution is 2.21. The van der Waals surface area contributed by atoms with Gasteiger partial charge in [0.1, 0.15) is 10.8 Å². The van der Waals surface area contributed by atoms with E-state index in [1.54, 1.807) is 32.2 Å².